The number of nitrogens with one attached hydrogen (secondary N) is 1. The third-order valence-corrected chi connectivity index (χ3v) is 5.03. The van der Waals surface area contributed by atoms with Gasteiger partial charge in [-0.2, -0.15) is 5.26 Å². The molecule has 1 N–H and O–H groups in total. The molecule has 2 aromatic rings. The van der Waals surface area contributed by atoms with E-state index in [1.807, 2.05) is 6.07 Å². The first-order valence-corrected chi connectivity index (χ1v) is 10.0. The molecule has 160 valence electrons. The largest absolute Gasteiger partial charge is 0.472 e. The monoisotopic (exact) mass is 421 g/mol. The number of likely N-dealkylation sites (tertiary alicyclic amines) is 1. The van der Waals surface area contributed by atoms with Crippen LogP contribution in [0.15, 0.2) is 52.8 Å². The van der Waals surface area contributed by atoms with Crippen molar-refractivity contribution in [3.05, 3.63) is 59.6 Å². The van der Waals surface area contributed by atoms with E-state index in [2.05, 4.69) is 5.32 Å². The molecule has 0 atom stereocenters. The minimum atomic E-state index is -0.667. The normalized spacial score (nSPS) is 14.6. The van der Waals surface area contributed by atoms with Gasteiger partial charge in [0, 0.05) is 24.7 Å². The van der Waals surface area contributed by atoms with Gasteiger partial charge in [-0.3, -0.25) is 9.59 Å². The fourth-order valence-electron chi connectivity index (χ4n) is 3.33. The third kappa shape index (κ3) is 5.60. The van der Waals surface area contributed by atoms with Gasteiger partial charge < -0.3 is 19.4 Å². The van der Waals surface area contributed by atoms with Gasteiger partial charge in [0.15, 0.2) is 0 Å². The molecule has 8 heteroatoms. The number of amides is 2. The lowest BCUT2D eigenvalue weighted by atomic mass is 9.95. The molecular formula is C23H23N3O5. The number of carbonyl (C=O) groups is 3. The summed E-state index contributed by atoms with van der Waals surface area (Å²) < 4.78 is 9.79. The molecule has 1 aromatic carbocycles. The zero-order valence-electron chi connectivity index (χ0n) is 17.2. The number of esters is 1. The van der Waals surface area contributed by atoms with E-state index in [1.54, 1.807) is 42.2 Å². The average molecular weight is 421 g/mol. The Morgan fingerprint density at radius 1 is 1.23 bits per heavy atom. The van der Waals surface area contributed by atoms with E-state index in [9.17, 15) is 14.4 Å². The summed E-state index contributed by atoms with van der Waals surface area (Å²) in [7, 11) is 0. The van der Waals surface area contributed by atoms with Gasteiger partial charge in [0.2, 0.25) is 5.91 Å². The van der Waals surface area contributed by atoms with Crippen molar-refractivity contribution in [1.82, 2.24) is 4.90 Å². The maximum absolute atomic E-state index is 12.6. The molecule has 1 aliphatic rings. The van der Waals surface area contributed by atoms with Crippen molar-refractivity contribution in [2.45, 2.75) is 19.8 Å². The number of ether oxygens (including phenoxy) is 1. The van der Waals surface area contributed by atoms with E-state index in [4.69, 9.17) is 14.4 Å². The number of nitrogens with zero attached hydrogens (tertiary/aromatic N) is 2. The van der Waals surface area contributed by atoms with Crippen molar-refractivity contribution in [3.63, 3.8) is 0 Å². The third-order valence-electron chi connectivity index (χ3n) is 5.03. The summed E-state index contributed by atoms with van der Waals surface area (Å²) in [5, 5.41) is 12.0. The van der Waals surface area contributed by atoms with Crippen LogP contribution >= 0.6 is 0 Å². The number of hydrogen-bond acceptors (Lipinski definition) is 6. The molecule has 3 rings (SSSR count). The summed E-state index contributed by atoms with van der Waals surface area (Å²) in [6.45, 7) is 2.89. The van der Waals surface area contributed by atoms with Crippen LogP contribution in [0.2, 0.25) is 0 Å². The lowest BCUT2D eigenvalue weighted by Crippen LogP contribution is -2.41. The van der Waals surface area contributed by atoms with Gasteiger partial charge in [-0.25, -0.2) is 4.79 Å². The van der Waals surface area contributed by atoms with Crippen LogP contribution in [0.1, 0.15) is 35.7 Å². The summed E-state index contributed by atoms with van der Waals surface area (Å²) in [6, 6.07) is 10.3. The van der Waals surface area contributed by atoms with E-state index in [0.29, 0.717) is 42.7 Å². The number of rotatable bonds is 6. The Labute approximate surface area is 180 Å². The average Bonchev–Trinajstić information content (AvgIpc) is 3.33. The van der Waals surface area contributed by atoms with Gasteiger partial charge in [-0.1, -0.05) is 12.1 Å². The second-order valence-electron chi connectivity index (χ2n) is 7.08. The lowest BCUT2D eigenvalue weighted by Gasteiger charge is -2.31. The van der Waals surface area contributed by atoms with Gasteiger partial charge in [-0.15, -0.1) is 0 Å². The van der Waals surface area contributed by atoms with Crippen molar-refractivity contribution in [3.8, 4) is 6.07 Å². The Kier molecular flexibility index (Phi) is 7.22. The Morgan fingerprint density at radius 2 is 1.94 bits per heavy atom. The van der Waals surface area contributed by atoms with Crippen LogP contribution in [-0.4, -0.2) is 42.4 Å². The zero-order chi connectivity index (χ0) is 22.2. The number of hydrogen-bond donors (Lipinski definition) is 1. The predicted molar refractivity (Wildman–Crippen MR) is 113 cm³/mol. The maximum Gasteiger partial charge on any atom is 0.348 e. The minimum absolute atomic E-state index is 0.0872. The van der Waals surface area contributed by atoms with E-state index in [0.717, 1.165) is 0 Å². The van der Waals surface area contributed by atoms with Gasteiger partial charge >= 0.3 is 5.97 Å². The fraction of sp³-hybridized carbons (Fsp3) is 0.304. The number of furan rings is 1. The van der Waals surface area contributed by atoms with Crippen molar-refractivity contribution >= 4 is 29.5 Å². The topological polar surface area (TPSA) is 113 Å². The van der Waals surface area contributed by atoms with Gasteiger partial charge in [0.25, 0.3) is 5.91 Å². The smallest absolute Gasteiger partial charge is 0.348 e. The maximum atomic E-state index is 12.6. The Hall–Kier alpha value is -3.86. The van der Waals surface area contributed by atoms with E-state index in [1.165, 1.54) is 18.6 Å². The van der Waals surface area contributed by atoms with Crippen LogP contribution in [0, 0.1) is 17.2 Å². The van der Waals surface area contributed by atoms with Crippen LogP contribution in [-0.2, 0) is 14.3 Å². The molecule has 31 heavy (non-hydrogen) atoms. The van der Waals surface area contributed by atoms with Crippen LogP contribution in [0.5, 0.6) is 0 Å². The molecule has 2 amide bonds. The van der Waals surface area contributed by atoms with Crippen LogP contribution in [0.4, 0.5) is 5.69 Å². The Balaban J connectivity index is 1.54. The molecule has 8 nitrogen and oxygen atoms in total. The summed E-state index contributed by atoms with van der Waals surface area (Å²) in [5.41, 5.74) is 1.69. The second kappa shape index (κ2) is 10.3. The van der Waals surface area contributed by atoms with Crippen LogP contribution in [0.3, 0.4) is 0 Å². The van der Waals surface area contributed by atoms with Gasteiger partial charge in [-0.05, 0) is 49.6 Å². The fourth-order valence-corrected chi connectivity index (χ4v) is 3.33. The zero-order valence-corrected chi connectivity index (χ0v) is 17.2. The molecule has 0 aliphatic carbocycles. The molecule has 1 aromatic heterocycles. The first-order chi connectivity index (χ1) is 15.0. The molecular weight excluding hydrogens is 398 g/mol. The molecule has 1 fully saturated rings. The van der Waals surface area contributed by atoms with Gasteiger partial charge in [0.05, 0.1) is 18.4 Å². The molecule has 0 radical (unpaired) electrons. The number of nitriles is 1. The first-order valence-electron chi connectivity index (χ1n) is 10.0. The summed E-state index contributed by atoms with van der Waals surface area (Å²) >= 11 is 0. The van der Waals surface area contributed by atoms with E-state index in [-0.39, 0.29) is 29.9 Å². The number of anilines is 1. The quantitative estimate of drug-likeness (QED) is 0.435. The van der Waals surface area contributed by atoms with Crippen LogP contribution < -0.4 is 5.32 Å². The summed E-state index contributed by atoms with van der Waals surface area (Å²) in [4.78, 5) is 38.4. The Bertz CT molecular complexity index is 995. The second-order valence-corrected chi connectivity index (χ2v) is 7.08. The molecule has 1 aliphatic heterocycles. The minimum Gasteiger partial charge on any atom is -0.472 e. The highest BCUT2D eigenvalue weighted by Gasteiger charge is 2.28. The molecule has 1 saturated heterocycles. The van der Waals surface area contributed by atoms with Crippen LogP contribution in [0.25, 0.3) is 6.08 Å². The highest BCUT2D eigenvalue weighted by molar-refractivity contribution is 5.98. The molecule has 0 spiro atoms. The predicted octanol–water partition coefficient (Wildman–Crippen LogP) is 3.24. The molecule has 2 heterocycles. The summed E-state index contributed by atoms with van der Waals surface area (Å²) in [5.74, 6) is -1.03. The molecule has 0 bridgehead atoms. The summed E-state index contributed by atoms with van der Waals surface area (Å²) in [6.07, 6.45) is 5.50. The number of piperidine rings is 1. The number of carbonyl (C=O) groups excluding carboxylic acids is 3. The molecule has 0 saturated carbocycles. The SMILES string of the molecule is CCOC(=O)C(C#N)=Cc1ccc(NC(=O)C2CCN(C(=O)c3ccoc3)CC2)cc1. The Morgan fingerprint density at radius 3 is 2.52 bits per heavy atom. The highest BCUT2D eigenvalue weighted by atomic mass is 16.5. The highest BCUT2D eigenvalue weighted by Crippen LogP contribution is 2.22. The standard InChI is InChI=1S/C23H23N3O5/c1-2-31-23(29)19(14-24)13-16-3-5-20(6-4-16)25-21(27)17-7-10-26(11-8-17)22(28)18-9-12-30-15-18/h3-6,9,12-13,15,17H,2,7-8,10-11H2,1H3,(H,25,27). The van der Waals surface area contributed by atoms with Crippen molar-refractivity contribution in [2.75, 3.05) is 25.0 Å². The van der Waals surface area contributed by atoms with Crippen molar-refractivity contribution < 1.29 is 23.5 Å². The van der Waals surface area contributed by atoms with E-state index < -0.39 is 5.97 Å². The van der Waals surface area contributed by atoms with E-state index >= 15 is 0 Å². The first kappa shape index (κ1) is 21.8. The van der Waals surface area contributed by atoms with Gasteiger partial charge in [0.1, 0.15) is 17.9 Å². The number of benzene rings is 1. The van der Waals surface area contributed by atoms with Crippen molar-refractivity contribution in [2.24, 2.45) is 5.92 Å². The molecule has 0 unspecified atom stereocenters. The van der Waals surface area contributed by atoms with Crippen molar-refractivity contribution in [1.29, 1.82) is 5.26 Å². The lowest BCUT2D eigenvalue weighted by molar-refractivity contribution is -0.137.